The normalized spacial score (nSPS) is 12.3. The molecule has 4 heteroatoms. The van der Waals surface area contributed by atoms with Gasteiger partial charge in [-0.3, -0.25) is 0 Å². The first-order chi connectivity index (χ1) is 10.4. The Morgan fingerprint density at radius 2 is 1.45 bits per heavy atom. The van der Waals surface area contributed by atoms with Gasteiger partial charge >= 0.3 is 0 Å². The summed E-state index contributed by atoms with van der Waals surface area (Å²) in [4.78, 5) is 0. The van der Waals surface area contributed by atoms with Gasteiger partial charge < -0.3 is 0 Å². The van der Waals surface area contributed by atoms with Crippen molar-refractivity contribution in [1.82, 2.24) is 4.72 Å². The van der Waals surface area contributed by atoms with Crippen LogP contribution in [-0.4, -0.2) is 15.0 Å². The molecule has 0 radical (unpaired) electrons. The van der Waals surface area contributed by atoms with Crippen molar-refractivity contribution in [3.8, 4) is 11.1 Å². The van der Waals surface area contributed by atoms with E-state index in [-0.39, 0.29) is 0 Å². The summed E-state index contributed by atoms with van der Waals surface area (Å²) in [5.41, 5.74) is 2.99. The minimum atomic E-state index is -3.40. The van der Waals surface area contributed by atoms with E-state index in [1.807, 2.05) is 61.5 Å². The van der Waals surface area contributed by atoms with Crippen LogP contribution in [0.4, 0.5) is 0 Å². The molecule has 2 rings (SSSR count). The largest absolute Gasteiger partial charge is 0.221 e. The third-order valence-corrected chi connectivity index (χ3v) is 6.06. The van der Waals surface area contributed by atoms with Gasteiger partial charge in [0.25, 0.3) is 0 Å². The van der Waals surface area contributed by atoms with Crippen LogP contribution in [0.2, 0.25) is 0 Å². The number of hydrogen-bond donors (Lipinski definition) is 1. The summed E-state index contributed by atoms with van der Waals surface area (Å²) in [7, 11) is -3.40. The van der Waals surface area contributed by atoms with Crippen LogP contribution in [0.3, 0.4) is 0 Å². The maximum absolute atomic E-state index is 12.5. The van der Waals surface area contributed by atoms with E-state index < -0.39 is 14.8 Å². The molecule has 0 heterocycles. The lowest BCUT2D eigenvalue weighted by Crippen LogP contribution is -2.39. The van der Waals surface area contributed by atoms with Crippen molar-refractivity contribution in [2.24, 2.45) is 0 Å². The van der Waals surface area contributed by atoms with Crippen molar-refractivity contribution in [3.05, 3.63) is 60.2 Å². The van der Waals surface area contributed by atoms with Gasteiger partial charge in [-0.25, -0.2) is 13.1 Å². The van der Waals surface area contributed by atoms with Gasteiger partial charge in [-0.15, -0.1) is 0 Å². The fraction of sp³-hybridized carbons (Fsp3) is 0.333. The molecule has 2 aromatic carbocycles. The smallest absolute Gasteiger partial charge is 0.214 e. The highest BCUT2D eigenvalue weighted by atomic mass is 32.2. The molecular weight excluding hydrogens is 294 g/mol. The lowest BCUT2D eigenvalue weighted by atomic mass is 9.98. The Hall–Kier alpha value is -1.65. The zero-order chi connectivity index (χ0) is 16.2. The standard InChI is InChI=1S/C18H23NO2S/c1-4-14-19-22(20,21)18(2,3)17-12-10-16(11-13-17)15-8-6-5-7-9-15/h5-13,19H,4,14H2,1-3H3. The van der Waals surface area contributed by atoms with Crippen LogP contribution in [-0.2, 0) is 14.8 Å². The summed E-state index contributed by atoms with van der Waals surface area (Å²) in [6, 6.07) is 17.8. The number of benzene rings is 2. The first-order valence-electron chi connectivity index (χ1n) is 7.53. The zero-order valence-corrected chi connectivity index (χ0v) is 14.2. The minimum absolute atomic E-state index is 0.466. The number of nitrogens with one attached hydrogen (secondary N) is 1. The summed E-state index contributed by atoms with van der Waals surface area (Å²) in [6.07, 6.45) is 0.780. The quantitative estimate of drug-likeness (QED) is 0.878. The maximum Gasteiger partial charge on any atom is 0.221 e. The van der Waals surface area contributed by atoms with Crippen LogP contribution >= 0.6 is 0 Å². The van der Waals surface area contributed by atoms with Gasteiger partial charge in [0.15, 0.2) is 0 Å². The summed E-state index contributed by atoms with van der Waals surface area (Å²) in [5.74, 6) is 0. The molecule has 0 amide bonds. The lowest BCUT2D eigenvalue weighted by Gasteiger charge is -2.26. The highest BCUT2D eigenvalue weighted by molar-refractivity contribution is 7.90. The Kier molecular flexibility index (Phi) is 5.04. The van der Waals surface area contributed by atoms with Gasteiger partial charge in [0.2, 0.25) is 10.0 Å². The Morgan fingerprint density at radius 3 is 2.00 bits per heavy atom. The Balaban J connectivity index is 2.30. The predicted octanol–water partition coefficient (Wildman–Crippen LogP) is 3.92. The first-order valence-corrected chi connectivity index (χ1v) is 9.02. The van der Waals surface area contributed by atoms with Crippen molar-refractivity contribution in [2.75, 3.05) is 6.54 Å². The number of rotatable bonds is 6. The predicted molar refractivity (Wildman–Crippen MR) is 92.1 cm³/mol. The molecule has 3 nitrogen and oxygen atoms in total. The Bertz CT molecular complexity index is 705. The molecule has 1 N–H and O–H groups in total. The molecule has 0 aliphatic rings. The van der Waals surface area contributed by atoms with Crippen molar-refractivity contribution >= 4 is 10.0 Å². The molecule has 0 fully saturated rings. The second kappa shape index (κ2) is 6.63. The van der Waals surface area contributed by atoms with Crippen molar-refractivity contribution in [3.63, 3.8) is 0 Å². The zero-order valence-electron chi connectivity index (χ0n) is 13.3. The molecule has 0 unspecified atom stereocenters. The van der Waals surface area contributed by atoms with Gasteiger partial charge in [-0.1, -0.05) is 61.5 Å². The molecule has 0 aromatic heterocycles. The molecule has 0 spiro atoms. The van der Waals surface area contributed by atoms with Crippen molar-refractivity contribution in [2.45, 2.75) is 31.9 Å². The average molecular weight is 317 g/mol. The van der Waals surface area contributed by atoms with Crippen molar-refractivity contribution < 1.29 is 8.42 Å². The molecule has 0 atom stereocenters. The lowest BCUT2D eigenvalue weighted by molar-refractivity contribution is 0.539. The summed E-state index contributed by atoms with van der Waals surface area (Å²) in [5, 5.41) is 0. The van der Waals surface area contributed by atoms with E-state index in [0.29, 0.717) is 6.54 Å². The van der Waals surface area contributed by atoms with Gasteiger partial charge in [-0.2, -0.15) is 0 Å². The Labute approximate surface area is 133 Å². The molecule has 0 aliphatic carbocycles. The van der Waals surface area contributed by atoms with Crippen molar-refractivity contribution in [1.29, 1.82) is 0 Å². The van der Waals surface area contributed by atoms with Gasteiger partial charge in [0.1, 0.15) is 4.75 Å². The topological polar surface area (TPSA) is 46.2 Å². The third-order valence-electron chi connectivity index (χ3n) is 3.90. The number of sulfonamides is 1. The van der Waals surface area contributed by atoms with Gasteiger partial charge in [0, 0.05) is 6.54 Å². The summed E-state index contributed by atoms with van der Waals surface area (Å²) < 4.78 is 26.6. The monoisotopic (exact) mass is 317 g/mol. The van der Waals surface area contributed by atoms with E-state index in [0.717, 1.165) is 23.1 Å². The fourth-order valence-corrected chi connectivity index (χ4v) is 3.55. The summed E-state index contributed by atoms with van der Waals surface area (Å²) in [6.45, 7) is 5.89. The second-order valence-corrected chi connectivity index (χ2v) is 8.17. The average Bonchev–Trinajstić information content (AvgIpc) is 2.54. The highest BCUT2D eigenvalue weighted by Crippen LogP contribution is 2.30. The SMILES string of the molecule is CCCNS(=O)(=O)C(C)(C)c1ccc(-c2ccccc2)cc1. The fourth-order valence-electron chi connectivity index (χ4n) is 2.27. The van der Waals surface area contributed by atoms with Crippen LogP contribution in [0.5, 0.6) is 0 Å². The van der Waals surface area contributed by atoms with Gasteiger partial charge in [0.05, 0.1) is 0 Å². The molecule has 0 aliphatic heterocycles. The van der Waals surface area contributed by atoms with E-state index in [2.05, 4.69) is 4.72 Å². The van der Waals surface area contributed by atoms with Crippen LogP contribution in [0, 0.1) is 0 Å². The molecular formula is C18H23NO2S. The molecule has 22 heavy (non-hydrogen) atoms. The van der Waals surface area contributed by atoms with E-state index in [1.165, 1.54) is 0 Å². The molecule has 2 aromatic rings. The van der Waals surface area contributed by atoms with Crippen LogP contribution in [0.25, 0.3) is 11.1 Å². The first kappa shape index (κ1) is 16.7. The minimum Gasteiger partial charge on any atom is -0.214 e. The van der Waals surface area contributed by atoms with E-state index in [1.54, 1.807) is 13.8 Å². The van der Waals surface area contributed by atoms with E-state index >= 15 is 0 Å². The highest BCUT2D eigenvalue weighted by Gasteiger charge is 2.35. The second-order valence-electron chi connectivity index (χ2n) is 5.85. The maximum atomic E-state index is 12.5. The van der Waals surface area contributed by atoms with E-state index in [9.17, 15) is 8.42 Å². The molecule has 0 saturated heterocycles. The van der Waals surface area contributed by atoms with Crippen LogP contribution in [0.1, 0.15) is 32.8 Å². The third kappa shape index (κ3) is 3.39. The number of hydrogen-bond acceptors (Lipinski definition) is 2. The molecule has 0 bridgehead atoms. The summed E-state index contributed by atoms with van der Waals surface area (Å²) >= 11 is 0. The van der Waals surface area contributed by atoms with E-state index in [4.69, 9.17) is 0 Å². The Morgan fingerprint density at radius 1 is 0.909 bits per heavy atom. The molecule has 0 saturated carbocycles. The van der Waals surface area contributed by atoms with Gasteiger partial charge in [-0.05, 0) is 37.0 Å². The van der Waals surface area contributed by atoms with Crippen LogP contribution in [0.15, 0.2) is 54.6 Å². The van der Waals surface area contributed by atoms with Crippen LogP contribution < -0.4 is 4.72 Å². The molecule has 118 valence electrons.